The van der Waals surface area contributed by atoms with E-state index in [1.54, 1.807) is 22.9 Å². The van der Waals surface area contributed by atoms with Crippen molar-refractivity contribution in [2.75, 3.05) is 0 Å². The molecule has 0 unspecified atom stereocenters. The Kier molecular flexibility index (Phi) is 4.57. The van der Waals surface area contributed by atoms with Crippen LogP contribution in [0.15, 0.2) is 29.6 Å². The van der Waals surface area contributed by atoms with Gasteiger partial charge in [-0.1, -0.05) is 0 Å². The minimum atomic E-state index is -0.402. The molecule has 66 valence electrons. The molecule has 0 saturated carbocycles. The van der Waals surface area contributed by atoms with Crippen LogP contribution in [0.4, 0.5) is 0 Å². The third kappa shape index (κ3) is 2.65. The highest BCUT2D eigenvalue weighted by Crippen LogP contribution is 1.90. The minimum absolute atomic E-state index is 0. The lowest BCUT2D eigenvalue weighted by molar-refractivity contribution is -0.671. The second kappa shape index (κ2) is 4.91. The molecular weight excluding hydrogens is 269 g/mol. The van der Waals surface area contributed by atoms with Crippen LogP contribution in [-0.4, -0.2) is 5.90 Å². The van der Waals surface area contributed by atoms with Gasteiger partial charge in [0.05, 0.1) is 5.56 Å². The van der Waals surface area contributed by atoms with E-state index in [9.17, 15) is 5.11 Å². The molecule has 1 rings (SSSR count). The maximum absolute atomic E-state index is 10.9. The Morgan fingerprint density at radius 3 is 2.83 bits per heavy atom. The number of hydrazone groups is 1. The van der Waals surface area contributed by atoms with Gasteiger partial charge in [0.1, 0.15) is 7.05 Å². The van der Waals surface area contributed by atoms with Crippen LogP contribution in [0.1, 0.15) is 5.56 Å². The third-order valence-electron chi connectivity index (χ3n) is 1.30. The number of nitrogens with two attached hydrogens (primary N) is 1. The van der Waals surface area contributed by atoms with E-state index in [4.69, 9.17) is 5.84 Å². The summed E-state index contributed by atoms with van der Waals surface area (Å²) in [6.45, 7) is 0. The number of halogens is 1. The Morgan fingerprint density at radius 2 is 2.33 bits per heavy atom. The van der Waals surface area contributed by atoms with Crippen molar-refractivity contribution in [1.82, 2.24) is 0 Å². The fourth-order valence-electron chi connectivity index (χ4n) is 0.789. The Bertz CT molecular complexity index is 288. The Balaban J connectivity index is 0.00000121. The maximum Gasteiger partial charge on any atom is 0.176 e. The first kappa shape index (κ1) is 11.2. The Hall–Kier alpha value is -0.850. The smallest absolute Gasteiger partial charge is 0.176 e. The minimum Gasteiger partial charge on any atom is -0.857 e. The van der Waals surface area contributed by atoms with Crippen molar-refractivity contribution in [3.8, 4) is 0 Å². The van der Waals surface area contributed by atoms with Gasteiger partial charge in [-0.2, -0.15) is 5.10 Å². The topological polar surface area (TPSA) is 65.3 Å². The van der Waals surface area contributed by atoms with Crippen LogP contribution in [0.3, 0.4) is 0 Å². The first-order chi connectivity index (χ1) is 5.24. The summed E-state index contributed by atoms with van der Waals surface area (Å²) in [7, 11) is 1.83. The molecule has 0 amide bonds. The number of pyridine rings is 1. The highest BCUT2D eigenvalue weighted by Gasteiger charge is 1.95. The summed E-state index contributed by atoms with van der Waals surface area (Å²) in [5.74, 6) is 4.42. The van der Waals surface area contributed by atoms with Crippen molar-refractivity contribution >= 4 is 29.9 Å². The summed E-state index contributed by atoms with van der Waals surface area (Å²) in [5, 5.41) is 13.9. The largest absolute Gasteiger partial charge is 0.857 e. The van der Waals surface area contributed by atoms with Gasteiger partial charge < -0.3 is 10.9 Å². The summed E-state index contributed by atoms with van der Waals surface area (Å²) in [5.41, 5.74) is 0.498. The number of rotatable bonds is 1. The van der Waals surface area contributed by atoms with Crippen molar-refractivity contribution in [2.45, 2.75) is 0 Å². The molecule has 5 heteroatoms. The second-order valence-corrected chi connectivity index (χ2v) is 2.19. The molecule has 1 aromatic heterocycles. The van der Waals surface area contributed by atoms with Gasteiger partial charge in [0, 0.05) is 12.0 Å². The van der Waals surface area contributed by atoms with Crippen LogP contribution in [0.2, 0.25) is 0 Å². The van der Waals surface area contributed by atoms with Gasteiger partial charge in [-0.3, -0.25) is 0 Å². The molecule has 0 atom stereocenters. The zero-order valence-corrected chi connectivity index (χ0v) is 8.93. The van der Waals surface area contributed by atoms with E-state index in [-0.39, 0.29) is 24.0 Å². The first-order valence-corrected chi connectivity index (χ1v) is 3.14. The molecule has 12 heavy (non-hydrogen) atoms. The van der Waals surface area contributed by atoms with Crippen molar-refractivity contribution < 1.29 is 9.67 Å². The SMILES string of the molecule is C[n+]1cccc(/C([O-])=N/N)c1.I. The van der Waals surface area contributed by atoms with Gasteiger partial charge in [0.2, 0.25) is 0 Å². The van der Waals surface area contributed by atoms with Crippen molar-refractivity contribution in [3.05, 3.63) is 30.1 Å². The van der Waals surface area contributed by atoms with Gasteiger partial charge in [-0.15, -0.1) is 24.0 Å². The highest BCUT2D eigenvalue weighted by atomic mass is 127. The van der Waals surface area contributed by atoms with E-state index < -0.39 is 5.90 Å². The van der Waals surface area contributed by atoms with Gasteiger partial charge >= 0.3 is 0 Å². The van der Waals surface area contributed by atoms with Crippen LogP contribution in [-0.2, 0) is 7.05 Å². The van der Waals surface area contributed by atoms with E-state index in [0.29, 0.717) is 5.56 Å². The standard InChI is InChI=1S/C7H9N3O.HI/c1-10-4-2-3-6(5-10)7(11)9-8;/h2-5H,8H2,1H3;1H. The van der Waals surface area contributed by atoms with Crippen molar-refractivity contribution in [3.63, 3.8) is 0 Å². The zero-order chi connectivity index (χ0) is 8.27. The van der Waals surface area contributed by atoms with E-state index in [2.05, 4.69) is 5.10 Å². The lowest BCUT2D eigenvalue weighted by Gasteiger charge is -2.05. The third-order valence-corrected chi connectivity index (χ3v) is 1.30. The van der Waals surface area contributed by atoms with Crippen molar-refractivity contribution in [1.29, 1.82) is 0 Å². The summed E-state index contributed by atoms with van der Waals surface area (Å²) < 4.78 is 1.76. The van der Waals surface area contributed by atoms with E-state index in [0.717, 1.165) is 0 Å². The molecule has 4 nitrogen and oxygen atoms in total. The Morgan fingerprint density at radius 1 is 1.67 bits per heavy atom. The number of aryl methyl sites for hydroxylation is 1. The first-order valence-electron chi connectivity index (χ1n) is 3.14. The molecule has 1 aromatic rings. The number of hydrogen-bond acceptors (Lipinski definition) is 3. The Labute approximate surface area is 87.7 Å². The highest BCUT2D eigenvalue weighted by molar-refractivity contribution is 14.0. The summed E-state index contributed by atoms with van der Waals surface area (Å²) in [6, 6.07) is 3.43. The molecule has 0 aliphatic rings. The number of aromatic nitrogens is 1. The van der Waals surface area contributed by atoms with Crippen LogP contribution in [0.25, 0.3) is 0 Å². The average molecular weight is 279 g/mol. The summed E-state index contributed by atoms with van der Waals surface area (Å²) in [6.07, 6.45) is 3.49. The molecule has 0 spiro atoms. The quantitative estimate of drug-likeness (QED) is 0.181. The molecule has 2 N–H and O–H groups in total. The van der Waals surface area contributed by atoms with Crippen LogP contribution < -0.4 is 15.5 Å². The van der Waals surface area contributed by atoms with Crippen molar-refractivity contribution in [2.24, 2.45) is 18.0 Å². The van der Waals surface area contributed by atoms with Crippen LogP contribution >= 0.6 is 24.0 Å². The predicted octanol–water partition coefficient (Wildman–Crippen LogP) is -0.890. The normalized spacial score (nSPS) is 10.6. The predicted molar refractivity (Wildman–Crippen MR) is 53.8 cm³/mol. The molecule has 1 heterocycles. The fourth-order valence-corrected chi connectivity index (χ4v) is 0.789. The fraction of sp³-hybridized carbons (Fsp3) is 0.143. The van der Waals surface area contributed by atoms with Gasteiger partial charge in [-0.05, 0) is 6.07 Å². The van der Waals surface area contributed by atoms with E-state index in [1.807, 2.05) is 13.2 Å². The molecule has 0 aliphatic heterocycles. The van der Waals surface area contributed by atoms with Crippen LogP contribution in [0, 0.1) is 0 Å². The average Bonchev–Trinajstić information content (AvgIpc) is 2.03. The maximum atomic E-state index is 10.9. The van der Waals surface area contributed by atoms with E-state index in [1.165, 1.54) is 0 Å². The number of nitrogens with zero attached hydrogens (tertiary/aromatic N) is 2. The zero-order valence-electron chi connectivity index (χ0n) is 6.60. The van der Waals surface area contributed by atoms with Gasteiger partial charge in [-0.25, -0.2) is 4.57 Å². The van der Waals surface area contributed by atoms with Crippen LogP contribution in [0.5, 0.6) is 0 Å². The number of hydrogen-bond donors (Lipinski definition) is 1. The summed E-state index contributed by atoms with van der Waals surface area (Å²) >= 11 is 0. The molecule has 0 aromatic carbocycles. The molecule has 0 bridgehead atoms. The summed E-state index contributed by atoms with van der Waals surface area (Å²) in [4.78, 5) is 0. The monoisotopic (exact) mass is 279 g/mol. The lowest BCUT2D eigenvalue weighted by atomic mass is 10.3. The molecule has 0 saturated heterocycles. The lowest BCUT2D eigenvalue weighted by Crippen LogP contribution is -2.30. The molecule has 0 radical (unpaired) electrons. The molecular formula is C7H10IN3O. The molecule has 0 aliphatic carbocycles. The van der Waals surface area contributed by atoms with Gasteiger partial charge in [0.15, 0.2) is 12.4 Å². The van der Waals surface area contributed by atoms with Gasteiger partial charge in [0.25, 0.3) is 0 Å². The van der Waals surface area contributed by atoms with E-state index >= 15 is 0 Å². The second-order valence-electron chi connectivity index (χ2n) is 2.19. The molecule has 0 fully saturated rings.